The Kier molecular flexibility index (Phi) is 4.51. The molecule has 0 heterocycles. The molecule has 1 atom stereocenters. The van der Waals surface area contributed by atoms with Crippen LogP contribution in [0.1, 0.15) is 26.3 Å². The van der Waals surface area contributed by atoms with Crippen molar-refractivity contribution in [3.8, 4) is 0 Å². The van der Waals surface area contributed by atoms with Gasteiger partial charge in [0.25, 0.3) is 0 Å². The molecule has 1 unspecified atom stereocenters. The van der Waals surface area contributed by atoms with Gasteiger partial charge in [0, 0.05) is 12.6 Å². The molecule has 0 bridgehead atoms. The molecule has 1 rings (SSSR count). The van der Waals surface area contributed by atoms with E-state index in [1.54, 1.807) is 0 Å². The predicted octanol–water partition coefficient (Wildman–Crippen LogP) is 2.53. The summed E-state index contributed by atoms with van der Waals surface area (Å²) in [6, 6.07) is 10.5. The largest absolute Gasteiger partial charge is 0.395 e. The molecule has 0 spiro atoms. The fraction of sp³-hybridized carbons (Fsp3) is 0.571. The van der Waals surface area contributed by atoms with E-state index in [0.717, 1.165) is 6.54 Å². The second-order valence-corrected chi connectivity index (χ2v) is 5.47. The average Bonchev–Trinajstić information content (AvgIpc) is 2.17. The summed E-state index contributed by atoms with van der Waals surface area (Å²) < 4.78 is 0. The number of aliphatic hydroxyl groups is 1. The summed E-state index contributed by atoms with van der Waals surface area (Å²) in [6.07, 6.45) is 0. The van der Waals surface area contributed by atoms with E-state index in [1.165, 1.54) is 5.56 Å². The van der Waals surface area contributed by atoms with Crippen LogP contribution >= 0.6 is 0 Å². The molecule has 0 aromatic heterocycles. The Morgan fingerprint density at radius 2 is 1.75 bits per heavy atom. The van der Waals surface area contributed by atoms with E-state index < -0.39 is 0 Å². The lowest BCUT2D eigenvalue weighted by atomic mass is 9.86. The highest BCUT2D eigenvalue weighted by Crippen LogP contribution is 2.24. The molecule has 0 amide bonds. The van der Waals surface area contributed by atoms with E-state index in [4.69, 9.17) is 0 Å². The highest BCUT2D eigenvalue weighted by Gasteiger charge is 2.27. The molecule has 1 N–H and O–H groups in total. The standard InChI is InChI=1S/C14H23NO/c1-14(2,3)13(11-16)15(4)10-12-8-6-5-7-9-12/h5-9,13,16H,10-11H2,1-4H3. The van der Waals surface area contributed by atoms with Crippen molar-refractivity contribution in [3.05, 3.63) is 35.9 Å². The molecule has 2 heteroatoms. The molecule has 90 valence electrons. The zero-order valence-corrected chi connectivity index (χ0v) is 10.8. The first-order valence-corrected chi connectivity index (χ1v) is 5.80. The van der Waals surface area contributed by atoms with Gasteiger partial charge < -0.3 is 5.11 Å². The first-order chi connectivity index (χ1) is 7.45. The minimum atomic E-state index is 0.0955. The van der Waals surface area contributed by atoms with Crippen molar-refractivity contribution < 1.29 is 5.11 Å². The van der Waals surface area contributed by atoms with Gasteiger partial charge in [-0.1, -0.05) is 51.1 Å². The number of rotatable bonds is 4. The summed E-state index contributed by atoms with van der Waals surface area (Å²) in [5, 5.41) is 9.47. The number of aliphatic hydroxyl groups excluding tert-OH is 1. The van der Waals surface area contributed by atoms with Gasteiger partial charge in [-0.15, -0.1) is 0 Å². The van der Waals surface area contributed by atoms with Crippen molar-refractivity contribution in [2.24, 2.45) is 5.41 Å². The van der Waals surface area contributed by atoms with Gasteiger partial charge in [0.1, 0.15) is 0 Å². The molecule has 1 aromatic carbocycles. The van der Waals surface area contributed by atoms with Gasteiger partial charge in [0.05, 0.1) is 6.61 Å². The Morgan fingerprint density at radius 1 is 1.19 bits per heavy atom. The third-order valence-corrected chi connectivity index (χ3v) is 2.98. The number of nitrogens with zero attached hydrogens (tertiary/aromatic N) is 1. The molecule has 0 saturated heterocycles. The second-order valence-electron chi connectivity index (χ2n) is 5.47. The average molecular weight is 221 g/mol. The smallest absolute Gasteiger partial charge is 0.0591 e. The van der Waals surface area contributed by atoms with E-state index >= 15 is 0 Å². The zero-order valence-electron chi connectivity index (χ0n) is 10.8. The quantitative estimate of drug-likeness (QED) is 0.844. The van der Waals surface area contributed by atoms with Gasteiger partial charge in [-0.05, 0) is 18.0 Å². The van der Waals surface area contributed by atoms with Crippen molar-refractivity contribution in [3.63, 3.8) is 0 Å². The molecule has 0 aliphatic carbocycles. The van der Waals surface area contributed by atoms with Crippen molar-refractivity contribution in [2.75, 3.05) is 13.7 Å². The first kappa shape index (κ1) is 13.2. The Labute approximate surface area is 98.9 Å². The monoisotopic (exact) mass is 221 g/mol. The van der Waals surface area contributed by atoms with E-state index in [0.29, 0.717) is 0 Å². The summed E-state index contributed by atoms with van der Waals surface area (Å²) in [5.41, 5.74) is 1.38. The highest BCUT2D eigenvalue weighted by atomic mass is 16.3. The maximum atomic E-state index is 9.47. The topological polar surface area (TPSA) is 23.5 Å². The van der Waals surface area contributed by atoms with Crippen molar-refractivity contribution in [2.45, 2.75) is 33.4 Å². The molecule has 0 fully saturated rings. The summed E-state index contributed by atoms with van der Waals surface area (Å²) in [4.78, 5) is 2.22. The molecular formula is C14H23NO. The summed E-state index contributed by atoms with van der Waals surface area (Å²) >= 11 is 0. The van der Waals surface area contributed by atoms with Gasteiger partial charge in [-0.25, -0.2) is 0 Å². The number of benzene rings is 1. The molecule has 0 aliphatic rings. The maximum absolute atomic E-state index is 9.47. The van der Waals surface area contributed by atoms with E-state index in [9.17, 15) is 5.11 Å². The van der Waals surface area contributed by atoms with Crippen LogP contribution in [-0.2, 0) is 6.54 Å². The fourth-order valence-corrected chi connectivity index (χ4v) is 2.06. The van der Waals surface area contributed by atoms with E-state index in [-0.39, 0.29) is 18.1 Å². The maximum Gasteiger partial charge on any atom is 0.0591 e. The Morgan fingerprint density at radius 3 is 2.19 bits per heavy atom. The minimum absolute atomic E-state index is 0.0955. The Hall–Kier alpha value is -0.860. The Bertz CT molecular complexity index is 302. The van der Waals surface area contributed by atoms with Crippen molar-refractivity contribution >= 4 is 0 Å². The predicted molar refractivity (Wildman–Crippen MR) is 68.2 cm³/mol. The normalized spacial score (nSPS) is 14.1. The number of hydrogen-bond donors (Lipinski definition) is 1. The molecule has 0 radical (unpaired) electrons. The molecule has 16 heavy (non-hydrogen) atoms. The summed E-state index contributed by atoms with van der Waals surface area (Å²) in [5.74, 6) is 0. The molecule has 0 aliphatic heterocycles. The van der Waals surface area contributed by atoms with Crippen LogP contribution in [0.5, 0.6) is 0 Å². The van der Waals surface area contributed by atoms with Crippen molar-refractivity contribution in [1.29, 1.82) is 0 Å². The van der Waals surface area contributed by atoms with Crippen LogP contribution in [-0.4, -0.2) is 29.7 Å². The summed E-state index contributed by atoms with van der Waals surface area (Å²) in [6.45, 7) is 7.57. The highest BCUT2D eigenvalue weighted by molar-refractivity contribution is 5.14. The molecular weight excluding hydrogens is 198 g/mol. The van der Waals surface area contributed by atoms with Crippen molar-refractivity contribution in [1.82, 2.24) is 4.90 Å². The minimum Gasteiger partial charge on any atom is -0.395 e. The van der Waals surface area contributed by atoms with Crippen LogP contribution in [0, 0.1) is 5.41 Å². The molecule has 1 aromatic rings. The van der Waals surface area contributed by atoms with Crippen LogP contribution in [0.3, 0.4) is 0 Å². The lowest BCUT2D eigenvalue weighted by Crippen LogP contribution is -2.43. The van der Waals surface area contributed by atoms with Gasteiger partial charge >= 0.3 is 0 Å². The van der Waals surface area contributed by atoms with E-state index in [1.807, 2.05) is 18.2 Å². The van der Waals surface area contributed by atoms with Crippen LogP contribution < -0.4 is 0 Å². The molecule has 2 nitrogen and oxygen atoms in total. The number of likely N-dealkylation sites (N-methyl/N-ethyl adjacent to an activating group) is 1. The molecule has 0 saturated carbocycles. The number of hydrogen-bond acceptors (Lipinski definition) is 2. The van der Waals surface area contributed by atoms with Gasteiger partial charge in [-0.2, -0.15) is 0 Å². The van der Waals surface area contributed by atoms with Crippen LogP contribution in [0.2, 0.25) is 0 Å². The van der Waals surface area contributed by atoms with Gasteiger partial charge in [0.15, 0.2) is 0 Å². The van der Waals surface area contributed by atoms with Crippen LogP contribution in [0.4, 0.5) is 0 Å². The lowest BCUT2D eigenvalue weighted by Gasteiger charge is -2.36. The first-order valence-electron chi connectivity index (χ1n) is 5.80. The van der Waals surface area contributed by atoms with Gasteiger partial charge in [-0.3, -0.25) is 4.90 Å². The zero-order chi connectivity index (χ0) is 12.2. The third kappa shape index (κ3) is 3.62. The lowest BCUT2D eigenvalue weighted by molar-refractivity contribution is 0.0614. The fourth-order valence-electron chi connectivity index (χ4n) is 2.06. The van der Waals surface area contributed by atoms with E-state index in [2.05, 4.69) is 44.9 Å². The Balaban J connectivity index is 2.67. The third-order valence-electron chi connectivity index (χ3n) is 2.98. The van der Waals surface area contributed by atoms with Gasteiger partial charge in [0.2, 0.25) is 0 Å². The van der Waals surface area contributed by atoms with Crippen LogP contribution in [0.15, 0.2) is 30.3 Å². The SMILES string of the molecule is CN(Cc1ccccc1)C(CO)C(C)(C)C. The summed E-state index contributed by atoms with van der Waals surface area (Å²) in [7, 11) is 2.07. The second kappa shape index (κ2) is 5.46. The van der Waals surface area contributed by atoms with Crippen LogP contribution in [0.25, 0.3) is 0 Å².